The molecule has 4 heterocycles. The van der Waals surface area contributed by atoms with Gasteiger partial charge >= 0.3 is 5.97 Å². The van der Waals surface area contributed by atoms with Crippen LogP contribution in [0, 0.1) is 0 Å². The quantitative estimate of drug-likeness (QED) is 0.383. The lowest BCUT2D eigenvalue weighted by Gasteiger charge is -2.21. The first-order chi connectivity index (χ1) is 18.5. The smallest absolute Gasteiger partial charge is 0.341 e. The average molecular weight is 515 g/mol. The van der Waals surface area contributed by atoms with Gasteiger partial charge < -0.3 is 28.6 Å². The van der Waals surface area contributed by atoms with E-state index in [1.807, 2.05) is 30.3 Å². The van der Waals surface area contributed by atoms with Crippen LogP contribution in [0.2, 0.25) is 0 Å². The monoisotopic (exact) mass is 514 g/mol. The molecule has 2 aliphatic rings. The fourth-order valence-electron chi connectivity index (χ4n) is 5.58. The summed E-state index contributed by atoms with van der Waals surface area (Å²) in [5.41, 5.74) is 3.72. The molecule has 0 aliphatic carbocycles. The molecule has 196 valence electrons. The van der Waals surface area contributed by atoms with Crippen LogP contribution in [-0.2, 0) is 4.74 Å². The van der Waals surface area contributed by atoms with Gasteiger partial charge in [-0.15, -0.1) is 0 Å². The number of hydrogen-bond acceptors (Lipinski definition) is 7. The summed E-state index contributed by atoms with van der Waals surface area (Å²) in [4.78, 5) is 33.7. The molecule has 6 rings (SSSR count). The Balaban J connectivity index is 1.41. The molecule has 0 radical (unpaired) electrons. The van der Waals surface area contributed by atoms with Crippen molar-refractivity contribution in [3.63, 3.8) is 0 Å². The van der Waals surface area contributed by atoms with Gasteiger partial charge in [-0.3, -0.25) is 4.79 Å². The Kier molecular flexibility index (Phi) is 6.37. The largest absolute Gasteiger partial charge is 0.477 e. The van der Waals surface area contributed by atoms with Crippen molar-refractivity contribution < 1.29 is 19.1 Å². The van der Waals surface area contributed by atoms with E-state index in [4.69, 9.17) is 14.1 Å². The zero-order valence-corrected chi connectivity index (χ0v) is 21.3. The van der Waals surface area contributed by atoms with E-state index in [1.54, 1.807) is 11.7 Å². The topological polar surface area (TPSA) is 101 Å². The Morgan fingerprint density at radius 2 is 1.82 bits per heavy atom. The van der Waals surface area contributed by atoms with E-state index in [0.29, 0.717) is 35.1 Å². The summed E-state index contributed by atoms with van der Waals surface area (Å²) in [6.45, 7) is 3.55. The predicted molar refractivity (Wildman–Crippen MR) is 146 cm³/mol. The number of carbonyl (C=O) groups is 1. The molecule has 0 amide bonds. The van der Waals surface area contributed by atoms with Crippen LogP contribution in [0.3, 0.4) is 0 Å². The lowest BCUT2D eigenvalue weighted by molar-refractivity contribution is 0.0695. The molecule has 38 heavy (non-hydrogen) atoms. The van der Waals surface area contributed by atoms with E-state index in [9.17, 15) is 14.7 Å². The van der Waals surface area contributed by atoms with Crippen LogP contribution in [0.15, 0.2) is 63.9 Å². The fraction of sp³-hybridized carbons (Fsp3) is 0.345. The van der Waals surface area contributed by atoms with Gasteiger partial charge in [-0.25, -0.2) is 4.79 Å². The molecule has 9 nitrogen and oxygen atoms in total. The minimum Gasteiger partial charge on any atom is -0.477 e. The Bertz CT molecular complexity index is 1540. The van der Waals surface area contributed by atoms with Gasteiger partial charge in [0.15, 0.2) is 11.0 Å². The van der Waals surface area contributed by atoms with Crippen molar-refractivity contribution in [1.29, 1.82) is 0 Å². The van der Waals surface area contributed by atoms with Crippen LogP contribution >= 0.6 is 0 Å². The molecule has 0 spiro atoms. The summed E-state index contributed by atoms with van der Waals surface area (Å²) in [6.07, 6.45) is 5.84. The third kappa shape index (κ3) is 4.43. The Labute approximate surface area is 219 Å². The molecule has 0 unspecified atom stereocenters. The van der Waals surface area contributed by atoms with Gasteiger partial charge in [-0.2, -0.15) is 4.98 Å². The van der Waals surface area contributed by atoms with E-state index in [0.717, 1.165) is 43.7 Å². The molecule has 4 aromatic rings. The first kappa shape index (κ1) is 24.2. The van der Waals surface area contributed by atoms with E-state index in [-0.39, 0.29) is 11.6 Å². The van der Waals surface area contributed by atoms with Crippen molar-refractivity contribution in [2.24, 2.45) is 0 Å². The number of pyridine rings is 1. The maximum atomic E-state index is 12.7. The number of benzene rings is 2. The molecular formula is C29H30N4O5. The number of methoxy groups -OCH3 is 1. The molecule has 2 saturated heterocycles. The number of nitrogens with zero attached hydrogens (tertiary/aromatic N) is 4. The van der Waals surface area contributed by atoms with Crippen molar-refractivity contribution in [3.05, 3.63) is 70.5 Å². The summed E-state index contributed by atoms with van der Waals surface area (Å²) < 4.78 is 13.3. The number of anilines is 2. The normalized spacial score (nSPS) is 17.6. The van der Waals surface area contributed by atoms with Crippen LogP contribution in [-0.4, -0.2) is 60.0 Å². The van der Waals surface area contributed by atoms with Gasteiger partial charge in [-0.05, 0) is 55.5 Å². The van der Waals surface area contributed by atoms with Crippen LogP contribution < -0.4 is 15.2 Å². The van der Waals surface area contributed by atoms with Crippen molar-refractivity contribution in [1.82, 2.24) is 9.55 Å². The number of hydrogen-bond donors (Lipinski definition) is 1. The van der Waals surface area contributed by atoms with Crippen LogP contribution in [0.4, 0.5) is 11.7 Å². The van der Waals surface area contributed by atoms with Crippen molar-refractivity contribution in [2.75, 3.05) is 43.2 Å². The van der Waals surface area contributed by atoms with Gasteiger partial charge in [0.2, 0.25) is 0 Å². The lowest BCUT2D eigenvalue weighted by atomic mass is 10.1. The number of oxazole rings is 1. The third-order valence-corrected chi connectivity index (χ3v) is 7.54. The molecule has 2 fully saturated rings. The molecule has 1 N–H and O–H groups in total. The maximum absolute atomic E-state index is 12.7. The molecule has 2 aliphatic heterocycles. The molecule has 2 aromatic heterocycles. The minimum absolute atomic E-state index is 0.222. The zero-order chi connectivity index (χ0) is 26.2. The fourth-order valence-corrected chi connectivity index (χ4v) is 5.58. The van der Waals surface area contributed by atoms with Crippen molar-refractivity contribution in [2.45, 2.75) is 31.7 Å². The number of carboxylic acid groups (broad SMARTS) is 1. The number of ether oxygens (including phenoxy) is 1. The van der Waals surface area contributed by atoms with Gasteiger partial charge in [0.1, 0.15) is 11.1 Å². The summed E-state index contributed by atoms with van der Waals surface area (Å²) in [5, 5.41) is 9.66. The van der Waals surface area contributed by atoms with Crippen LogP contribution in [0.25, 0.3) is 28.0 Å². The Hall–Kier alpha value is -4.11. The summed E-state index contributed by atoms with van der Waals surface area (Å²) in [7, 11) is 1.70. The van der Waals surface area contributed by atoms with E-state index < -0.39 is 11.4 Å². The molecular weight excluding hydrogens is 484 g/mol. The Morgan fingerprint density at radius 3 is 2.55 bits per heavy atom. The highest BCUT2D eigenvalue weighted by Gasteiger charge is 2.28. The van der Waals surface area contributed by atoms with Crippen LogP contribution in [0.5, 0.6) is 0 Å². The highest BCUT2D eigenvalue weighted by molar-refractivity contribution is 5.88. The van der Waals surface area contributed by atoms with E-state index in [2.05, 4.69) is 21.9 Å². The molecule has 9 heteroatoms. The third-order valence-electron chi connectivity index (χ3n) is 7.54. The number of rotatable bonds is 7. The van der Waals surface area contributed by atoms with E-state index >= 15 is 0 Å². The second kappa shape index (κ2) is 9.98. The summed E-state index contributed by atoms with van der Waals surface area (Å²) in [6, 6.07) is 15.8. The summed E-state index contributed by atoms with van der Waals surface area (Å²) in [5.74, 6) is -1.26. The number of carboxylic acids is 1. The molecule has 0 bridgehead atoms. The first-order valence-corrected chi connectivity index (χ1v) is 13.0. The predicted octanol–water partition coefficient (Wildman–Crippen LogP) is 4.56. The zero-order valence-electron chi connectivity index (χ0n) is 21.3. The van der Waals surface area contributed by atoms with Gasteiger partial charge in [0.05, 0.1) is 18.3 Å². The van der Waals surface area contributed by atoms with Gasteiger partial charge in [0.25, 0.3) is 6.01 Å². The number of aromatic nitrogens is 2. The van der Waals surface area contributed by atoms with Gasteiger partial charge in [-0.1, -0.05) is 12.1 Å². The minimum atomic E-state index is -1.26. The highest BCUT2D eigenvalue weighted by atomic mass is 16.5. The second-order valence-corrected chi connectivity index (χ2v) is 9.95. The average Bonchev–Trinajstić information content (AvgIpc) is 3.69. The maximum Gasteiger partial charge on any atom is 0.341 e. The summed E-state index contributed by atoms with van der Waals surface area (Å²) >= 11 is 0. The highest BCUT2D eigenvalue weighted by Crippen LogP contribution is 2.31. The SMILES string of the molecule is COC[C@H]1CCCN1c1nc2ccc(-n3cc(C(=O)O)c(=O)cc3-c3ccc(N4CCCC4)cc3)cc2o1. The second-order valence-electron chi connectivity index (χ2n) is 9.95. The van der Waals surface area contributed by atoms with Crippen molar-refractivity contribution >= 4 is 28.8 Å². The number of aromatic carboxylic acids is 1. The van der Waals surface area contributed by atoms with Crippen molar-refractivity contribution in [3.8, 4) is 16.9 Å². The lowest BCUT2D eigenvalue weighted by Crippen LogP contribution is -2.32. The molecule has 2 aromatic carbocycles. The standard InChI is InChI=1S/C29H30N4O5/c1-37-18-22-5-4-14-32(22)29-30-24-11-10-21(15-27(24)38-29)33-17-23(28(35)36)26(34)16-25(33)19-6-8-20(9-7-19)31-12-2-3-13-31/h6-11,15-17,22H,2-5,12-14,18H2,1H3,(H,35,36)/t22-/m1/s1. The molecule has 1 atom stereocenters. The van der Waals surface area contributed by atoms with E-state index in [1.165, 1.54) is 25.1 Å². The Morgan fingerprint density at radius 1 is 1.05 bits per heavy atom. The van der Waals surface area contributed by atoms with Crippen LogP contribution in [0.1, 0.15) is 36.0 Å². The first-order valence-electron chi connectivity index (χ1n) is 13.0. The molecule has 0 saturated carbocycles. The van der Waals surface area contributed by atoms with Gasteiger partial charge in [0, 0.05) is 56.4 Å². The number of fused-ring (bicyclic) bond motifs is 1.